The Kier molecular flexibility index (Phi) is 2.91. The van der Waals surface area contributed by atoms with Gasteiger partial charge in [-0.25, -0.2) is 4.39 Å². The first-order valence-corrected chi connectivity index (χ1v) is 5.41. The summed E-state index contributed by atoms with van der Waals surface area (Å²) in [7, 11) is 0. The molecule has 1 aliphatic rings. The Hall–Kier alpha value is -1.09. The van der Waals surface area contributed by atoms with E-state index in [4.69, 9.17) is 5.73 Å². The van der Waals surface area contributed by atoms with Crippen molar-refractivity contribution >= 4 is 5.69 Å². The molecule has 1 saturated heterocycles. The van der Waals surface area contributed by atoms with Crippen molar-refractivity contribution in [3.05, 3.63) is 30.1 Å². The average molecular weight is 208 g/mol. The molecule has 0 radical (unpaired) electrons. The highest BCUT2D eigenvalue weighted by atomic mass is 19.1. The number of anilines is 1. The summed E-state index contributed by atoms with van der Waals surface area (Å²) < 4.78 is 13.1. The van der Waals surface area contributed by atoms with Crippen LogP contribution in [0.15, 0.2) is 24.3 Å². The molecule has 1 aliphatic heterocycles. The molecule has 2 N–H and O–H groups in total. The maximum Gasteiger partial charge on any atom is 0.125 e. The van der Waals surface area contributed by atoms with Gasteiger partial charge in [-0.15, -0.1) is 0 Å². The van der Waals surface area contributed by atoms with Crippen LogP contribution in [0.3, 0.4) is 0 Å². The molecule has 15 heavy (non-hydrogen) atoms. The first-order chi connectivity index (χ1) is 7.15. The quantitative estimate of drug-likeness (QED) is 0.765. The van der Waals surface area contributed by atoms with Crippen LogP contribution < -0.4 is 10.6 Å². The number of halogens is 1. The Morgan fingerprint density at radius 1 is 1.40 bits per heavy atom. The zero-order valence-electron chi connectivity index (χ0n) is 8.99. The third-order valence-electron chi connectivity index (χ3n) is 2.87. The largest absolute Gasteiger partial charge is 0.370 e. The van der Waals surface area contributed by atoms with Gasteiger partial charge in [-0.05, 0) is 30.5 Å². The van der Waals surface area contributed by atoms with E-state index in [1.807, 2.05) is 6.07 Å². The van der Waals surface area contributed by atoms with Crippen molar-refractivity contribution in [3.8, 4) is 0 Å². The molecule has 2 atom stereocenters. The van der Waals surface area contributed by atoms with Gasteiger partial charge in [0.25, 0.3) is 0 Å². The second-order valence-electron chi connectivity index (χ2n) is 4.49. The van der Waals surface area contributed by atoms with Gasteiger partial charge < -0.3 is 10.6 Å². The van der Waals surface area contributed by atoms with Crippen LogP contribution in [0, 0.1) is 11.7 Å². The summed E-state index contributed by atoms with van der Waals surface area (Å²) in [6, 6.07) is 6.93. The van der Waals surface area contributed by atoms with Crippen LogP contribution in [0.5, 0.6) is 0 Å². The molecule has 2 rings (SSSR count). The molecule has 0 spiro atoms. The van der Waals surface area contributed by atoms with E-state index >= 15 is 0 Å². The number of piperidine rings is 1. The first-order valence-electron chi connectivity index (χ1n) is 5.41. The van der Waals surface area contributed by atoms with Crippen LogP contribution in [0.2, 0.25) is 0 Å². The fourth-order valence-electron chi connectivity index (χ4n) is 2.28. The minimum absolute atomic E-state index is 0.181. The van der Waals surface area contributed by atoms with E-state index in [1.165, 1.54) is 6.07 Å². The summed E-state index contributed by atoms with van der Waals surface area (Å²) >= 11 is 0. The minimum atomic E-state index is -0.181. The molecule has 0 aliphatic carbocycles. The molecule has 2 nitrogen and oxygen atoms in total. The van der Waals surface area contributed by atoms with E-state index in [0.29, 0.717) is 5.92 Å². The van der Waals surface area contributed by atoms with Crippen molar-refractivity contribution in [1.82, 2.24) is 0 Å². The number of nitrogens with two attached hydrogens (primary N) is 1. The molecule has 1 heterocycles. The lowest BCUT2D eigenvalue weighted by atomic mass is 9.96. The molecule has 1 aromatic rings. The monoisotopic (exact) mass is 208 g/mol. The second kappa shape index (κ2) is 4.19. The molecular weight excluding hydrogens is 191 g/mol. The molecular formula is C12H17FN2. The van der Waals surface area contributed by atoms with Crippen LogP contribution in [0.25, 0.3) is 0 Å². The molecule has 1 aromatic carbocycles. The van der Waals surface area contributed by atoms with Gasteiger partial charge in [0.05, 0.1) is 0 Å². The van der Waals surface area contributed by atoms with E-state index in [2.05, 4.69) is 11.8 Å². The van der Waals surface area contributed by atoms with Crippen molar-refractivity contribution in [1.29, 1.82) is 0 Å². The normalized spacial score (nSPS) is 26.7. The lowest BCUT2D eigenvalue weighted by Crippen LogP contribution is -2.46. The molecule has 3 heteroatoms. The van der Waals surface area contributed by atoms with Gasteiger partial charge in [0.15, 0.2) is 0 Å². The zero-order valence-corrected chi connectivity index (χ0v) is 8.99. The molecule has 1 fully saturated rings. The summed E-state index contributed by atoms with van der Waals surface area (Å²) in [5.74, 6) is 0.399. The van der Waals surface area contributed by atoms with Crippen LogP contribution in [-0.4, -0.2) is 19.1 Å². The van der Waals surface area contributed by atoms with E-state index < -0.39 is 0 Å². The van der Waals surface area contributed by atoms with Crippen molar-refractivity contribution in [3.63, 3.8) is 0 Å². The molecule has 82 valence electrons. The SMILES string of the molecule is CC1CC(N)CN(c2cccc(F)c2)C1. The number of rotatable bonds is 1. The van der Waals surface area contributed by atoms with Crippen molar-refractivity contribution < 1.29 is 4.39 Å². The van der Waals surface area contributed by atoms with Crippen LogP contribution in [0.1, 0.15) is 13.3 Å². The Bertz CT molecular complexity index is 330. The Labute approximate surface area is 89.9 Å². The van der Waals surface area contributed by atoms with Crippen LogP contribution in [0.4, 0.5) is 10.1 Å². The van der Waals surface area contributed by atoms with Gasteiger partial charge in [-0.3, -0.25) is 0 Å². The van der Waals surface area contributed by atoms with Gasteiger partial charge in [0.2, 0.25) is 0 Å². The Morgan fingerprint density at radius 3 is 2.87 bits per heavy atom. The maximum atomic E-state index is 13.1. The van der Waals surface area contributed by atoms with Crippen molar-refractivity contribution in [2.24, 2.45) is 11.7 Å². The minimum Gasteiger partial charge on any atom is -0.370 e. The van der Waals surface area contributed by atoms with E-state index in [0.717, 1.165) is 25.2 Å². The predicted molar refractivity (Wildman–Crippen MR) is 60.4 cm³/mol. The highest BCUT2D eigenvalue weighted by Crippen LogP contribution is 2.22. The van der Waals surface area contributed by atoms with Gasteiger partial charge in [-0.2, -0.15) is 0 Å². The van der Waals surface area contributed by atoms with Crippen LogP contribution >= 0.6 is 0 Å². The highest BCUT2D eigenvalue weighted by Gasteiger charge is 2.22. The maximum absolute atomic E-state index is 13.1. The third-order valence-corrected chi connectivity index (χ3v) is 2.87. The van der Waals surface area contributed by atoms with Gasteiger partial charge in [0.1, 0.15) is 5.82 Å². The van der Waals surface area contributed by atoms with Crippen molar-refractivity contribution in [2.45, 2.75) is 19.4 Å². The Balaban J connectivity index is 2.16. The van der Waals surface area contributed by atoms with E-state index in [-0.39, 0.29) is 11.9 Å². The Morgan fingerprint density at radius 2 is 2.20 bits per heavy atom. The predicted octanol–water partition coefficient (Wildman–Crippen LogP) is 2.00. The third kappa shape index (κ3) is 2.48. The zero-order chi connectivity index (χ0) is 10.8. The topological polar surface area (TPSA) is 29.3 Å². The van der Waals surface area contributed by atoms with E-state index in [9.17, 15) is 4.39 Å². The van der Waals surface area contributed by atoms with Gasteiger partial charge in [-0.1, -0.05) is 13.0 Å². The fourth-order valence-corrected chi connectivity index (χ4v) is 2.28. The average Bonchev–Trinajstić information content (AvgIpc) is 2.16. The smallest absolute Gasteiger partial charge is 0.125 e. The first kappa shape index (κ1) is 10.4. The molecule has 0 bridgehead atoms. The lowest BCUT2D eigenvalue weighted by molar-refractivity contribution is 0.401. The van der Waals surface area contributed by atoms with Gasteiger partial charge in [0, 0.05) is 24.8 Å². The number of nitrogens with zero attached hydrogens (tertiary/aromatic N) is 1. The second-order valence-corrected chi connectivity index (χ2v) is 4.49. The standard InChI is InChI=1S/C12H17FN2/c1-9-5-11(14)8-15(7-9)12-4-2-3-10(13)6-12/h2-4,6,9,11H,5,7-8,14H2,1H3. The highest BCUT2D eigenvalue weighted by molar-refractivity contribution is 5.47. The molecule has 0 saturated carbocycles. The summed E-state index contributed by atoms with van der Waals surface area (Å²) in [6.07, 6.45) is 1.06. The summed E-state index contributed by atoms with van der Waals surface area (Å²) in [4.78, 5) is 2.17. The number of hydrogen-bond donors (Lipinski definition) is 1. The summed E-state index contributed by atoms with van der Waals surface area (Å²) in [5, 5.41) is 0. The molecule has 2 unspecified atom stereocenters. The summed E-state index contributed by atoms with van der Waals surface area (Å²) in [5.41, 5.74) is 6.90. The lowest BCUT2D eigenvalue weighted by Gasteiger charge is -2.36. The van der Waals surface area contributed by atoms with Crippen molar-refractivity contribution in [2.75, 3.05) is 18.0 Å². The van der Waals surface area contributed by atoms with E-state index in [1.54, 1.807) is 12.1 Å². The number of benzene rings is 1. The molecule has 0 amide bonds. The summed E-state index contributed by atoms with van der Waals surface area (Å²) in [6.45, 7) is 3.98. The van der Waals surface area contributed by atoms with Crippen LogP contribution in [-0.2, 0) is 0 Å². The number of hydrogen-bond acceptors (Lipinski definition) is 2. The fraction of sp³-hybridized carbons (Fsp3) is 0.500. The molecule has 0 aromatic heterocycles. The van der Waals surface area contributed by atoms with Gasteiger partial charge >= 0.3 is 0 Å².